The summed E-state index contributed by atoms with van der Waals surface area (Å²) in [6.45, 7) is 8.60. The van der Waals surface area contributed by atoms with E-state index in [0.717, 1.165) is 30.1 Å². The van der Waals surface area contributed by atoms with Gasteiger partial charge in [-0.3, -0.25) is 4.79 Å². The highest BCUT2D eigenvalue weighted by molar-refractivity contribution is 7.13. The Labute approximate surface area is 172 Å². The second-order valence-electron chi connectivity index (χ2n) is 7.31. The zero-order chi connectivity index (χ0) is 17.3. The predicted molar refractivity (Wildman–Crippen MR) is 114 cm³/mol. The maximum Gasteiger partial charge on any atom is 0.273 e. The summed E-state index contributed by atoms with van der Waals surface area (Å²) >= 11 is 1.53. The second-order valence-corrected chi connectivity index (χ2v) is 8.16. The van der Waals surface area contributed by atoms with Crippen molar-refractivity contribution in [1.29, 1.82) is 0 Å². The second kappa shape index (κ2) is 9.18. The molecule has 2 N–H and O–H groups in total. The van der Waals surface area contributed by atoms with Crippen LogP contribution in [0.15, 0.2) is 29.6 Å². The average Bonchev–Trinajstić information content (AvgIpc) is 3.22. The molecular formula is C19H27Cl2N3OS. The normalized spacial score (nSPS) is 19.2. The van der Waals surface area contributed by atoms with Gasteiger partial charge in [0.2, 0.25) is 0 Å². The zero-order valence-electron chi connectivity index (χ0n) is 15.4. The van der Waals surface area contributed by atoms with Crippen molar-refractivity contribution < 1.29 is 4.79 Å². The van der Waals surface area contributed by atoms with Gasteiger partial charge in [-0.15, -0.1) is 36.2 Å². The first-order valence-electron chi connectivity index (χ1n) is 8.47. The molecule has 26 heavy (non-hydrogen) atoms. The van der Waals surface area contributed by atoms with E-state index in [4.69, 9.17) is 5.73 Å². The molecule has 3 rings (SSSR count). The van der Waals surface area contributed by atoms with E-state index in [2.05, 4.69) is 50.0 Å². The third-order valence-corrected chi connectivity index (χ3v) is 5.78. The van der Waals surface area contributed by atoms with Gasteiger partial charge in [0, 0.05) is 24.0 Å². The molecule has 7 heteroatoms. The molecule has 1 aromatic heterocycles. The molecule has 0 spiro atoms. The Morgan fingerprint density at radius 1 is 1.31 bits per heavy atom. The minimum absolute atomic E-state index is 0. The van der Waals surface area contributed by atoms with Gasteiger partial charge in [-0.05, 0) is 29.9 Å². The summed E-state index contributed by atoms with van der Waals surface area (Å²) in [6.07, 6.45) is 0.961. The van der Waals surface area contributed by atoms with Crippen LogP contribution in [-0.4, -0.2) is 35.4 Å². The molecule has 1 fully saturated rings. The number of hydrogen-bond donors (Lipinski definition) is 1. The molecule has 2 aromatic rings. The number of benzene rings is 1. The molecule has 0 radical (unpaired) electrons. The van der Waals surface area contributed by atoms with Crippen LogP contribution in [0.25, 0.3) is 10.6 Å². The summed E-state index contributed by atoms with van der Waals surface area (Å²) in [6, 6.07) is 8.44. The van der Waals surface area contributed by atoms with E-state index < -0.39 is 0 Å². The molecule has 1 aliphatic heterocycles. The molecule has 2 heterocycles. The van der Waals surface area contributed by atoms with E-state index in [1.807, 2.05) is 10.3 Å². The fraction of sp³-hybridized carbons (Fsp3) is 0.474. The van der Waals surface area contributed by atoms with Gasteiger partial charge in [-0.2, -0.15) is 0 Å². The van der Waals surface area contributed by atoms with Crippen molar-refractivity contribution in [1.82, 2.24) is 9.88 Å². The summed E-state index contributed by atoms with van der Waals surface area (Å²) in [4.78, 5) is 19.1. The molecule has 1 unspecified atom stereocenters. The van der Waals surface area contributed by atoms with Crippen LogP contribution in [0, 0.1) is 5.41 Å². The highest BCUT2D eigenvalue weighted by atomic mass is 35.5. The Balaban J connectivity index is 0.00000169. The van der Waals surface area contributed by atoms with Crippen LogP contribution in [0.5, 0.6) is 0 Å². The zero-order valence-corrected chi connectivity index (χ0v) is 17.8. The third kappa shape index (κ3) is 4.77. The van der Waals surface area contributed by atoms with E-state index >= 15 is 0 Å². The van der Waals surface area contributed by atoms with Crippen molar-refractivity contribution in [2.24, 2.45) is 11.1 Å². The largest absolute Gasteiger partial charge is 0.337 e. The highest BCUT2D eigenvalue weighted by Crippen LogP contribution is 2.31. The van der Waals surface area contributed by atoms with Gasteiger partial charge in [0.05, 0.1) is 0 Å². The number of aromatic nitrogens is 1. The summed E-state index contributed by atoms with van der Waals surface area (Å²) in [5.41, 5.74) is 8.80. The lowest BCUT2D eigenvalue weighted by molar-refractivity contribution is 0.0772. The van der Waals surface area contributed by atoms with Crippen molar-refractivity contribution >= 4 is 42.1 Å². The van der Waals surface area contributed by atoms with Gasteiger partial charge in [0.1, 0.15) is 10.7 Å². The first kappa shape index (κ1) is 22.9. The van der Waals surface area contributed by atoms with Crippen LogP contribution in [-0.2, 0) is 0 Å². The lowest BCUT2D eigenvalue weighted by Gasteiger charge is -2.22. The number of carbonyl (C=O) groups is 1. The van der Waals surface area contributed by atoms with Crippen LogP contribution in [0.3, 0.4) is 0 Å². The van der Waals surface area contributed by atoms with Crippen molar-refractivity contribution in [3.63, 3.8) is 0 Å². The van der Waals surface area contributed by atoms with Crippen LogP contribution < -0.4 is 5.73 Å². The van der Waals surface area contributed by atoms with Crippen molar-refractivity contribution in [3.05, 3.63) is 40.9 Å². The number of amides is 1. The van der Waals surface area contributed by atoms with Gasteiger partial charge in [0.25, 0.3) is 5.91 Å². The molecule has 1 amide bonds. The Bertz CT molecular complexity index is 733. The molecular weight excluding hydrogens is 389 g/mol. The predicted octanol–water partition coefficient (Wildman–Crippen LogP) is 4.59. The average molecular weight is 416 g/mol. The fourth-order valence-electron chi connectivity index (χ4n) is 3.04. The van der Waals surface area contributed by atoms with E-state index in [1.54, 1.807) is 0 Å². The van der Waals surface area contributed by atoms with Gasteiger partial charge < -0.3 is 10.6 Å². The number of thiazole rings is 1. The smallest absolute Gasteiger partial charge is 0.273 e. The Kier molecular flexibility index (Phi) is 8.08. The maximum absolute atomic E-state index is 12.7. The van der Waals surface area contributed by atoms with Gasteiger partial charge in [-0.1, -0.05) is 45.0 Å². The first-order valence-corrected chi connectivity index (χ1v) is 9.35. The molecule has 4 nitrogen and oxygen atoms in total. The van der Waals surface area contributed by atoms with Crippen molar-refractivity contribution in [3.8, 4) is 10.6 Å². The Hall–Kier alpha value is -1.14. The molecule has 1 atom stereocenters. The van der Waals surface area contributed by atoms with Crippen LogP contribution in [0.2, 0.25) is 0 Å². The number of halogens is 2. The third-order valence-electron chi connectivity index (χ3n) is 4.89. The lowest BCUT2D eigenvalue weighted by atomic mass is 9.90. The molecule has 0 saturated carbocycles. The topological polar surface area (TPSA) is 59.2 Å². The lowest BCUT2D eigenvalue weighted by Crippen LogP contribution is -2.34. The molecule has 144 valence electrons. The quantitative estimate of drug-likeness (QED) is 0.793. The van der Waals surface area contributed by atoms with Gasteiger partial charge in [0.15, 0.2) is 0 Å². The van der Waals surface area contributed by atoms with Crippen molar-refractivity contribution in [2.75, 3.05) is 19.6 Å². The Morgan fingerprint density at radius 3 is 2.50 bits per heavy atom. The van der Waals surface area contributed by atoms with Crippen LogP contribution in [0.4, 0.5) is 0 Å². The molecule has 0 bridgehead atoms. The van der Waals surface area contributed by atoms with E-state index in [1.165, 1.54) is 16.9 Å². The highest BCUT2D eigenvalue weighted by Gasteiger charge is 2.35. The number of likely N-dealkylation sites (tertiary alicyclic amines) is 1. The number of hydrogen-bond acceptors (Lipinski definition) is 4. The minimum atomic E-state index is 0. The number of nitrogens with two attached hydrogens (primary N) is 1. The van der Waals surface area contributed by atoms with E-state index in [9.17, 15) is 4.79 Å². The van der Waals surface area contributed by atoms with E-state index in [-0.39, 0.29) is 36.1 Å². The van der Waals surface area contributed by atoms with Gasteiger partial charge >= 0.3 is 0 Å². The Morgan fingerprint density at radius 2 is 1.96 bits per heavy atom. The molecule has 0 aliphatic carbocycles. The maximum atomic E-state index is 12.7. The molecule has 1 saturated heterocycles. The summed E-state index contributed by atoms with van der Waals surface area (Å²) in [5.74, 6) is 0.535. The first-order chi connectivity index (χ1) is 11.4. The number of rotatable bonds is 4. The van der Waals surface area contributed by atoms with Crippen LogP contribution in [0.1, 0.15) is 49.2 Å². The standard InChI is InChI=1S/C19H25N3OS.2ClH/c1-13(2)14-4-6-15(7-5-14)17-21-16(10-24-17)18(23)22-9-8-19(3,11-20)12-22;;/h4-7,10,13H,8-9,11-12,20H2,1-3H3;2*1H. The summed E-state index contributed by atoms with van der Waals surface area (Å²) in [5, 5.41) is 2.76. The van der Waals surface area contributed by atoms with E-state index in [0.29, 0.717) is 18.2 Å². The number of carbonyl (C=O) groups excluding carboxylic acids is 1. The SMILES string of the molecule is CC(C)c1ccc(-c2nc(C(=O)N3CCC(C)(CN)C3)cs2)cc1.Cl.Cl. The number of nitrogens with zero attached hydrogens (tertiary/aromatic N) is 2. The summed E-state index contributed by atoms with van der Waals surface area (Å²) in [7, 11) is 0. The van der Waals surface area contributed by atoms with Gasteiger partial charge in [-0.25, -0.2) is 4.98 Å². The monoisotopic (exact) mass is 415 g/mol. The minimum Gasteiger partial charge on any atom is -0.337 e. The summed E-state index contributed by atoms with van der Waals surface area (Å²) < 4.78 is 0. The van der Waals surface area contributed by atoms with Crippen LogP contribution >= 0.6 is 36.2 Å². The van der Waals surface area contributed by atoms with Crippen molar-refractivity contribution in [2.45, 2.75) is 33.1 Å². The molecule has 1 aromatic carbocycles. The fourth-order valence-corrected chi connectivity index (χ4v) is 3.84. The molecule has 1 aliphatic rings.